The average molecular weight is 278 g/mol. The summed E-state index contributed by atoms with van der Waals surface area (Å²) in [6.07, 6.45) is 0. The summed E-state index contributed by atoms with van der Waals surface area (Å²) < 4.78 is 3.31. The molecule has 0 aliphatic carbocycles. The van der Waals surface area contributed by atoms with Crippen LogP contribution in [0.1, 0.15) is 26.5 Å². The summed E-state index contributed by atoms with van der Waals surface area (Å²) >= 11 is 0. The van der Waals surface area contributed by atoms with E-state index in [4.69, 9.17) is 0 Å². The van der Waals surface area contributed by atoms with Gasteiger partial charge in [0, 0.05) is 6.54 Å². The highest BCUT2D eigenvalue weighted by molar-refractivity contribution is 5.73. The second kappa shape index (κ2) is 5.03. The minimum absolute atomic E-state index is 0.193. The lowest BCUT2D eigenvalue weighted by Crippen LogP contribution is -2.30. The smallest absolute Gasteiger partial charge is 0.310 e. The molecular formula is C12H18N6O2. The summed E-state index contributed by atoms with van der Waals surface area (Å²) in [4.78, 5) is 11.2. The standard InChI is InChI=1S/C12H18N6O2/c1-5-17-9(6-8(2)14-17)10-13-15-16-18(10)7-12(3,4)11(19)20/h6H,5,7H2,1-4H3,(H,19,20). The van der Waals surface area contributed by atoms with E-state index in [1.54, 1.807) is 18.5 Å². The van der Waals surface area contributed by atoms with Crippen LogP contribution in [0.5, 0.6) is 0 Å². The lowest BCUT2D eigenvalue weighted by atomic mass is 9.94. The molecule has 0 aromatic carbocycles. The molecular weight excluding hydrogens is 260 g/mol. The Morgan fingerprint density at radius 1 is 1.40 bits per heavy atom. The maximum atomic E-state index is 11.2. The van der Waals surface area contributed by atoms with Crippen LogP contribution in [0.15, 0.2) is 6.07 Å². The first-order chi connectivity index (χ1) is 9.35. The first kappa shape index (κ1) is 14.2. The molecule has 0 amide bonds. The molecule has 0 atom stereocenters. The highest BCUT2D eigenvalue weighted by Crippen LogP contribution is 2.23. The van der Waals surface area contributed by atoms with Crippen LogP contribution < -0.4 is 0 Å². The third-order valence-corrected chi connectivity index (χ3v) is 3.09. The molecule has 8 nitrogen and oxygen atoms in total. The Hall–Kier alpha value is -2.25. The maximum Gasteiger partial charge on any atom is 0.310 e. The van der Waals surface area contributed by atoms with E-state index >= 15 is 0 Å². The van der Waals surface area contributed by atoms with Gasteiger partial charge in [0.15, 0.2) is 5.82 Å². The average Bonchev–Trinajstić information content (AvgIpc) is 2.94. The van der Waals surface area contributed by atoms with Crippen molar-refractivity contribution >= 4 is 5.97 Å². The summed E-state index contributed by atoms with van der Waals surface area (Å²) in [5.74, 6) is -0.360. The number of hydrogen-bond acceptors (Lipinski definition) is 5. The molecule has 0 radical (unpaired) electrons. The lowest BCUT2D eigenvalue weighted by molar-refractivity contribution is -0.147. The summed E-state index contributed by atoms with van der Waals surface area (Å²) in [5.41, 5.74) is 0.709. The molecule has 2 aromatic rings. The van der Waals surface area contributed by atoms with E-state index in [2.05, 4.69) is 20.6 Å². The minimum atomic E-state index is -0.948. The summed E-state index contributed by atoms with van der Waals surface area (Å²) in [7, 11) is 0. The van der Waals surface area contributed by atoms with Crippen molar-refractivity contribution in [2.75, 3.05) is 0 Å². The fourth-order valence-corrected chi connectivity index (χ4v) is 1.90. The van der Waals surface area contributed by atoms with E-state index < -0.39 is 11.4 Å². The lowest BCUT2D eigenvalue weighted by Gasteiger charge is -2.19. The summed E-state index contributed by atoms with van der Waals surface area (Å²) in [6, 6.07) is 1.89. The third-order valence-electron chi connectivity index (χ3n) is 3.09. The number of carboxylic acid groups (broad SMARTS) is 1. The van der Waals surface area contributed by atoms with Crippen molar-refractivity contribution in [1.82, 2.24) is 30.0 Å². The number of aromatic nitrogens is 6. The van der Waals surface area contributed by atoms with Gasteiger partial charge in [-0.2, -0.15) is 5.10 Å². The molecule has 0 fully saturated rings. The SMILES string of the molecule is CCn1nc(C)cc1-c1nnnn1CC(C)(C)C(=O)O. The van der Waals surface area contributed by atoms with Crippen LogP contribution >= 0.6 is 0 Å². The Labute approximate surface area is 116 Å². The largest absolute Gasteiger partial charge is 0.481 e. The summed E-state index contributed by atoms with van der Waals surface area (Å²) in [6.45, 7) is 8.04. The number of carbonyl (C=O) groups is 1. The normalized spacial score (nSPS) is 11.8. The van der Waals surface area contributed by atoms with Crippen LogP contribution in [0.3, 0.4) is 0 Å². The third kappa shape index (κ3) is 2.54. The fourth-order valence-electron chi connectivity index (χ4n) is 1.90. The number of tetrazole rings is 1. The van der Waals surface area contributed by atoms with Crippen molar-refractivity contribution in [1.29, 1.82) is 0 Å². The van der Waals surface area contributed by atoms with Gasteiger partial charge in [0.05, 0.1) is 17.7 Å². The molecule has 0 bridgehead atoms. The van der Waals surface area contributed by atoms with Crippen LogP contribution in [0.4, 0.5) is 0 Å². The van der Waals surface area contributed by atoms with E-state index in [0.29, 0.717) is 12.4 Å². The van der Waals surface area contributed by atoms with Crippen molar-refractivity contribution in [2.24, 2.45) is 5.41 Å². The van der Waals surface area contributed by atoms with Gasteiger partial charge in [-0.15, -0.1) is 5.10 Å². The van der Waals surface area contributed by atoms with Gasteiger partial charge in [-0.05, 0) is 44.2 Å². The maximum absolute atomic E-state index is 11.2. The van der Waals surface area contributed by atoms with Crippen molar-refractivity contribution in [3.8, 4) is 11.5 Å². The number of carboxylic acids is 1. The number of hydrogen-bond donors (Lipinski definition) is 1. The van der Waals surface area contributed by atoms with E-state index in [0.717, 1.165) is 11.4 Å². The molecule has 0 aliphatic rings. The predicted octanol–water partition coefficient (Wildman–Crippen LogP) is 0.976. The molecule has 0 aliphatic heterocycles. The molecule has 20 heavy (non-hydrogen) atoms. The minimum Gasteiger partial charge on any atom is -0.481 e. The predicted molar refractivity (Wildman–Crippen MR) is 70.9 cm³/mol. The van der Waals surface area contributed by atoms with Crippen molar-refractivity contribution in [2.45, 2.75) is 40.8 Å². The molecule has 8 heteroatoms. The van der Waals surface area contributed by atoms with E-state index in [-0.39, 0.29) is 6.54 Å². The van der Waals surface area contributed by atoms with Crippen molar-refractivity contribution in [3.63, 3.8) is 0 Å². The van der Waals surface area contributed by atoms with Crippen LogP contribution in [-0.4, -0.2) is 41.1 Å². The molecule has 2 heterocycles. The highest BCUT2D eigenvalue weighted by atomic mass is 16.4. The number of aryl methyl sites for hydroxylation is 2. The van der Waals surface area contributed by atoms with Gasteiger partial charge in [0.1, 0.15) is 5.69 Å². The zero-order valence-corrected chi connectivity index (χ0v) is 12.0. The van der Waals surface area contributed by atoms with E-state index in [1.807, 2.05) is 19.9 Å². The van der Waals surface area contributed by atoms with Crippen LogP contribution in [0.25, 0.3) is 11.5 Å². The van der Waals surface area contributed by atoms with Gasteiger partial charge < -0.3 is 5.11 Å². The van der Waals surface area contributed by atoms with Crippen LogP contribution in [0, 0.1) is 12.3 Å². The Morgan fingerprint density at radius 3 is 2.70 bits per heavy atom. The number of aliphatic carboxylic acids is 1. The summed E-state index contributed by atoms with van der Waals surface area (Å²) in [5, 5.41) is 25.1. The molecule has 1 N–H and O–H groups in total. The van der Waals surface area contributed by atoms with Gasteiger partial charge in [0.2, 0.25) is 0 Å². The van der Waals surface area contributed by atoms with E-state index in [9.17, 15) is 9.90 Å². The number of rotatable bonds is 5. The highest BCUT2D eigenvalue weighted by Gasteiger charge is 2.30. The van der Waals surface area contributed by atoms with Crippen molar-refractivity contribution < 1.29 is 9.90 Å². The second-order valence-electron chi connectivity index (χ2n) is 5.34. The van der Waals surface area contributed by atoms with Crippen LogP contribution in [-0.2, 0) is 17.9 Å². The van der Waals surface area contributed by atoms with Crippen molar-refractivity contribution in [3.05, 3.63) is 11.8 Å². The quantitative estimate of drug-likeness (QED) is 0.875. The molecule has 2 aromatic heterocycles. The van der Waals surface area contributed by atoms with Gasteiger partial charge in [-0.3, -0.25) is 9.48 Å². The number of nitrogens with zero attached hydrogens (tertiary/aromatic N) is 6. The first-order valence-electron chi connectivity index (χ1n) is 6.39. The monoisotopic (exact) mass is 278 g/mol. The fraction of sp³-hybridized carbons (Fsp3) is 0.583. The zero-order valence-electron chi connectivity index (χ0n) is 12.0. The first-order valence-corrected chi connectivity index (χ1v) is 6.39. The van der Waals surface area contributed by atoms with Gasteiger partial charge in [-0.1, -0.05) is 0 Å². The topological polar surface area (TPSA) is 98.7 Å². The molecule has 0 saturated heterocycles. The van der Waals surface area contributed by atoms with Gasteiger partial charge in [0.25, 0.3) is 0 Å². The Balaban J connectivity index is 2.40. The Morgan fingerprint density at radius 2 is 2.10 bits per heavy atom. The Kier molecular flexibility index (Phi) is 3.56. The second-order valence-corrected chi connectivity index (χ2v) is 5.34. The molecule has 0 unspecified atom stereocenters. The van der Waals surface area contributed by atoms with E-state index in [1.165, 1.54) is 4.68 Å². The molecule has 2 rings (SSSR count). The van der Waals surface area contributed by atoms with Crippen LogP contribution in [0.2, 0.25) is 0 Å². The zero-order chi connectivity index (χ0) is 14.9. The molecule has 108 valence electrons. The molecule has 0 saturated carbocycles. The Bertz CT molecular complexity index is 628. The van der Waals surface area contributed by atoms with Gasteiger partial charge in [-0.25, -0.2) is 4.68 Å². The molecule has 0 spiro atoms. The van der Waals surface area contributed by atoms with Gasteiger partial charge >= 0.3 is 5.97 Å².